The van der Waals surface area contributed by atoms with E-state index in [1.807, 2.05) is 6.26 Å². The first-order valence-electron chi connectivity index (χ1n) is 5.96. The first-order chi connectivity index (χ1) is 8.36. The standard InChI is InChI=1S/C11H19F3N2OS/c1-18-6-4-9(15)10(17)16-5-2-3-8(7-16)11(12,13)14/h8-9H,2-7,15H2,1H3/t8?,9-/m1/s1. The van der Waals surface area contributed by atoms with Crippen LogP contribution in [0.2, 0.25) is 0 Å². The van der Waals surface area contributed by atoms with E-state index in [0.717, 1.165) is 5.75 Å². The zero-order valence-electron chi connectivity index (χ0n) is 10.4. The van der Waals surface area contributed by atoms with Gasteiger partial charge in [-0.15, -0.1) is 0 Å². The van der Waals surface area contributed by atoms with Crippen LogP contribution < -0.4 is 5.73 Å². The molecule has 1 rings (SSSR count). The minimum absolute atomic E-state index is 0.104. The monoisotopic (exact) mass is 284 g/mol. The van der Waals surface area contributed by atoms with E-state index in [2.05, 4.69) is 0 Å². The maximum Gasteiger partial charge on any atom is 0.393 e. The Balaban J connectivity index is 2.53. The third-order valence-electron chi connectivity index (χ3n) is 3.15. The molecule has 0 aromatic heterocycles. The number of carbonyl (C=O) groups excluding carboxylic acids is 1. The van der Waals surface area contributed by atoms with Gasteiger partial charge in [0, 0.05) is 13.1 Å². The van der Waals surface area contributed by atoms with Gasteiger partial charge in [0.2, 0.25) is 5.91 Å². The fraction of sp³-hybridized carbons (Fsp3) is 0.909. The molecule has 1 heterocycles. The average molecular weight is 284 g/mol. The summed E-state index contributed by atoms with van der Waals surface area (Å²) in [7, 11) is 0. The number of hydrogen-bond donors (Lipinski definition) is 1. The maximum atomic E-state index is 12.6. The third kappa shape index (κ3) is 4.35. The number of amides is 1. The summed E-state index contributed by atoms with van der Waals surface area (Å²) in [5.41, 5.74) is 5.70. The molecule has 0 aromatic rings. The zero-order valence-corrected chi connectivity index (χ0v) is 11.2. The Morgan fingerprint density at radius 3 is 2.78 bits per heavy atom. The predicted octanol–water partition coefficient (Wildman–Crippen LogP) is 1.87. The Kier molecular flexibility index (Phi) is 5.78. The molecule has 1 aliphatic heterocycles. The van der Waals surface area contributed by atoms with Crippen molar-refractivity contribution in [1.82, 2.24) is 4.90 Å². The van der Waals surface area contributed by atoms with Crippen LogP contribution in [-0.2, 0) is 4.79 Å². The highest BCUT2D eigenvalue weighted by Crippen LogP contribution is 2.33. The van der Waals surface area contributed by atoms with Crippen molar-refractivity contribution in [3.63, 3.8) is 0 Å². The van der Waals surface area contributed by atoms with Gasteiger partial charge in [-0.3, -0.25) is 4.79 Å². The number of rotatable bonds is 4. The minimum Gasteiger partial charge on any atom is -0.341 e. The number of nitrogens with zero attached hydrogens (tertiary/aromatic N) is 1. The first kappa shape index (κ1) is 15.6. The highest BCUT2D eigenvalue weighted by Gasteiger charge is 2.43. The molecule has 2 N–H and O–H groups in total. The lowest BCUT2D eigenvalue weighted by atomic mass is 9.97. The molecule has 0 radical (unpaired) electrons. The van der Waals surface area contributed by atoms with Crippen molar-refractivity contribution >= 4 is 17.7 Å². The number of carbonyl (C=O) groups is 1. The SMILES string of the molecule is CSCC[C@@H](N)C(=O)N1CCCC(C(F)(F)F)C1. The number of thioether (sulfide) groups is 1. The molecule has 106 valence electrons. The van der Waals surface area contributed by atoms with Crippen LogP contribution in [0, 0.1) is 5.92 Å². The van der Waals surface area contributed by atoms with E-state index >= 15 is 0 Å². The number of nitrogens with two attached hydrogens (primary N) is 1. The molecule has 18 heavy (non-hydrogen) atoms. The summed E-state index contributed by atoms with van der Waals surface area (Å²) < 4.78 is 37.8. The van der Waals surface area contributed by atoms with Crippen LogP contribution in [0.3, 0.4) is 0 Å². The quantitative estimate of drug-likeness (QED) is 0.857. The lowest BCUT2D eigenvalue weighted by molar-refractivity contribution is -0.188. The predicted molar refractivity (Wildman–Crippen MR) is 66.3 cm³/mol. The van der Waals surface area contributed by atoms with Crippen molar-refractivity contribution in [2.45, 2.75) is 31.5 Å². The molecule has 0 saturated carbocycles. The zero-order chi connectivity index (χ0) is 13.8. The Hall–Kier alpha value is -0.430. The van der Waals surface area contributed by atoms with Gasteiger partial charge in [-0.25, -0.2) is 0 Å². The van der Waals surface area contributed by atoms with Crippen LogP contribution in [0.1, 0.15) is 19.3 Å². The number of hydrogen-bond acceptors (Lipinski definition) is 3. The summed E-state index contributed by atoms with van der Waals surface area (Å²) in [6, 6.07) is -0.676. The highest BCUT2D eigenvalue weighted by atomic mass is 32.2. The molecule has 0 spiro atoms. The van der Waals surface area contributed by atoms with Crippen molar-refractivity contribution < 1.29 is 18.0 Å². The first-order valence-corrected chi connectivity index (χ1v) is 7.35. The van der Waals surface area contributed by atoms with Crippen LogP contribution in [0.5, 0.6) is 0 Å². The molecule has 7 heteroatoms. The van der Waals surface area contributed by atoms with Gasteiger partial charge in [0.25, 0.3) is 0 Å². The molecule has 0 aromatic carbocycles. The second-order valence-electron chi connectivity index (χ2n) is 4.55. The number of piperidine rings is 1. The van der Waals surface area contributed by atoms with Crippen LogP contribution in [-0.4, -0.2) is 48.1 Å². The molecule has 2 atom stereocenters. The van der Waals surface area contributed by atoms with Crippen molar-refractivity contribution in [1.29, 1.82) is 0 Å². The van der Waals surface area contributed by atoms with E-state index in [4.69, 9.17) is 5.73 Å². The highest BCUT2D eigenvalue weighted by molar-refractivity contribution is 7.98. The number of alkyl halides is 3. The van der Waals surface area contributed by atoms with E-state index < -0.39 is 18.1 Å². The van der Waals surface area contributed by atoms with Crippen LogP contribution in [0.25, 0.3) is 0 Å². The summed E-state index contributed by atoms with van der Waals surface area (Å²) in [5, 5.41) is 0. The van der Waals surface area contributed by atoms with Gasteiger partial charge < -0.3 is 10.6 Å². The Morgan fingerprint density at radius 1 is 1.56 bits per heavy atom. The van der Waals surface area contributed by atoms with Crippen molar-refractivity contribution in [2.75, 3.05) is 25.1 Å². The Morgan fingerprint density at radius 2 is 2.22 bits per heavy atom. The van der Waals surface area contributed by atoms with Crippen LogP contribution >= 0.6 is 11.8 Å². The summed E-state index contributed by atoms with van der Waals surface area (Å²) in [6.45, 7) is 0.147. The molecule has 1 unspecified atom stereocenters. The van der Waals surface area contributed by atoms with Crippen molar-refractivity contribution in [3.05, 3.63) is 0 Å². The van der Waals surface area contributed by atoms with Crippen molar-refractivity contribution in [3.8, 4) is 0 Å². The fourth-order valence-electron chi connectivity index (χ4n) is 2.05. The van der Waals surface area contributed by atoms with Gasteiger partial charge >= 0.3 is 6.18 Å². The molecule has 3 nitrogen and oxygen atoms in total. The molecular formula is C11H19F3N2OS. The normalized spacial score (nSPS) is 22.9. The number of halogens is 3. The van der Waals surface area contributed by atoms with Gasteiger partial charge in [-0.2, -0.15) is 24.9 Å². The maximum absolute atomic E-state index is 12.6. The van der Waals surface area contributed by atoms with Crippen molar-refractivity contribution in [2.24, 2.45) is 11.7 Å². The Labute approximate surface area is 109 Å². The average Bonchev–Trinajstić information content (AvgIpc) is 2.34. The summed E-state index contributed by atoms with van der Waals surface area (Å²) in [5.74, 6) is -1.01. The largest absolute Gasteiger partial charge is 0.393 e. The van der Waals surface area contributed by atoms with E-state index in [-0.39, 0.29) is 18.9 Å². The molecular weight excluding hydrogens is 265 g/mol. The lowest BCUT2D eigenvalue weighted by Crippen LogP contribution is -2.50. The molecule has 1 aliphatic rings. The molecule has 0 aliphatic carbocycles. The summed E-state index contributed by atoms with van der Waals surface area (Å²) in [4.78, 5) is 13.2. The van der Waals surface area contributed by atoms with Gasteiger partial charge in [0.05, 0.1) is 12.0 Å². The lowest BCUT2D eigenvalue weighted by Gasteiger charge is -2.35. The summed E-state index contributed by atoms with van der Waals surface area (Å²) >= 11 is 1.57. The molecule has 1 amide bonds. The second kappa shape index (κ2) is 6.65. The van der Waals surface area contributed by atoms with Gasteiger partial charge in [0.15, 0.2) is 0 Å². The van der Waals surface area contributed by atoms with Crippen LogP contribution in [0.4, 0.5) is 13.2 Å². The van der Waals surface area contributed by atoms with E-state index in [1.165, 1.54) is 4.90 Å². The van der Waals surface area contributed by atoms with E-state index in [1.54, 1.807) is 11.8 Å². The Bertz CT molecular complexity index is 286. The van der Waals surface area contributed by atoms with Gasteiger partial charge in [-0.05, 0) is 31.3 Å². The smallest absolute Gasteiger partial charge is 0.341 e. The van der Waals surface area contributed by atoms with Gasteiger partial charge in [-0.1, -0.05) is 0 Å². The fourth-order valence-corrected chi connectivity index (χ4v) is 2.54. The second-order valence-corrected chi connectivity index (χ2v) is 5.54. The summed E-state index contributed by atoms with van der Waals surface area (Å²) in [6.07, 6.45) is -1.31. The van der Waals surface area contributed by atoms with E-state index in [9.17, 15) is 18.0 Å². The van der Waals surface area contributed by atoms with Gasteiger partial charge in [0.1, 0.15) is 0 Å². The third-order valence-corrected chi connectivity index (χ3v) is 3.79. The molecule has 0 bridgehead atoms. The topological polar surface area (TPSA) is 46.3 Å². The van der Waals surface area contributed by atoms with E-state index in [0.29, 0.717) is 19.4 Å². The molecule has 1 saturated heterocycles. The molecule has 1 fully saturated rings. The minimum atomic E-state index is -4.22. The van der Waals surface area contributed by atoms with Crippen LogP contribution in [0.15, 0.2) is 0 Å². The number of likely N-dealkylation sites (tertiary alicyclic amines) is 1.